The molecule has 48 heavy (non-hydrogen) atoms. The first-order chi connectivity index (χ1) is 22.7. The van der Waals surface area contributed by atoms with Crippen LogP contribution in [0.4, 0.5) is 0 Å². The highest BCUT2D eigenvalue weighted by Crippen LogP contribution is 2.28. The van der Waals surface area contributed by atoms with Crippen molar-refractivity contribution in [3.05, 3.63) is 0 Å². The van der Waals surface area contributed by atoms with Crippen molar-refractivity contribution in [2.75, 3.05) is 20.2 Å². The Morgan fingerprint density at radius 1 is 0.875 bits per heavy atom. The number of nitrogens with one attached hydrogen (secondary N) is 4. The molecule has 0 aromatic rings. The van der Waals surface area contributed by atoms with E-state index in [1.807, 2.05) is 20.8 Å². The van der Waals surface area contributed by atoms with Crippen LogP contribution in [0, 0.1) is 17.8 Å². The summed E-state index contributed by atoms with van der Waals surface area (Å²) in [5.41, 5.74) is 5.92. The Balaban J connectivity index is 2.55. The first kappa shape index (κ1) is 41.4. The second-order valence-electron chi connectivity index (χ2n) is 14.4. The van der Waals surface area contributed by atoms with Crippen molar-refractivity contribution in [3.8, 4) is 0 Å². The van der Waals surface area contributed by atoms with Gasteiger partial charge in [0.05, 0.1) is 24.7 Å². The van der Waals surface area contributed by atoms with E-state index >= 15 is 0 Å². The lowest BCUT2D eigenvalue weighted by Crippen LogP contribution is -2.62. The van der Waals surface area contributed by atoms with Gasteiger partial charge in [-0.05, 0) is 51.4 Å². The molecular weight excluding hydrogens is 616 g/mol. The van der Waals surface area contributed by atoms with E-state index in [2.05, 4.69) is 28.2 Å². The van der Waals surface area contributed by atoms with Gasteiger partial charge in [-0.25, -0.2) is 0 Å². The molecule has 2 fully saturated rings. The van der Waals surface area contributed by atoms with Crippen molar-refractivity contribution < 1.29 is 33.8 Å². The molecule has 0 aromatic heterocycles. The van der Waals surface area contributed by atoms with Gasteiger partial charge in [0.25, 0.3) is 0 Å². The first-order valence-corrected chi connectivity index (χ1v) is 18.2. The Morgan fingerprint density at radius 3 is 2.12 bits per heavy atom. The summed E-state index contributed by atoms with van der Waals surface area (Å²) in [5.74, 6) is -3.26. The molecule has 0 radical (unpaired) electrons. The zero-order valence-corrected chi connectivity index (χ0v) is 30.4. The lowest BCUT2D eigenvalue weighted by Gasteiger charge is -2.36. The standard InChI is InChI=1S/C35H64N6O7/c1-8-9-10-14-17-28-23(5)35(47)41(7)27(18-21(2)3)32(44)40-30(25-15-12-11-13-16-25)34(46)38-26(19-36)31(43)39-29(24(6)42)33(45)37-22(4)20-48-28/h21-30,42H,8-20,36H2,1-7H3,(H,37,45)(H,38,46)(H,39,43)(H,40,44)/t22-,23-,24+,26+,27+,28-,29+,30+/m1/s1. The zero-order valence-electron chi connectivity index (χ0n) is 30.4. The van der Waals surface area contributed by atoms with Gasteiger partial charge >= 0.3 is 0 Å². The molecule has 1 aliphatic carbocycles. The van der Waals surface area contributed by atoms with Crippen LogP contribution in [-0.4, -0.2) is 102 Å². The normalized spacial score (nSPS) is 30.4. The molecule has 0 unspecified atom stereocenters. The number of aliphatic hydroxyl groups is 1. The van der Waals surface area contributed by atoms with Crippen LogP contribution < -0.4 is 27.0 Å². The van der Waals surface area contributed by atoms with Gasteiger partial charge in [-0.2, -0.15) is 0 Å². The van der Waals surface area contributed by atoms with E-state index in [0.717, 1.165) is 57.8 Å². The third-order valence-electron chi connectivity index (χ3n) is 9.68. The van der Waals surface area contributed by atoms with Gasteiger partial charge in [0.2, 0.25) is 29.5 Å². The van der Waals surface area contributed by atoms with Crippen LogP contribution >= 0.6 is 0 Å². The minimum absolute atomic E-state index is 0.0765. The summed E-state index contributed by atoms with van der Waals surface area (Å²) in [5, 5.41) is 21.5. The minimum Gasteiger partial charge on any atom is -0.391 e. The van der Waals surface area contributed by atoms with Gasteiger partial charge in [0.1, 0.15) is 24.2 Å². The van der Waals surface area contributed by atoms with Crippen LogP contribution in [0.1, 0.15) is 112 Å². The smallest absolute Gasteiger partial charge is 0.245 e. The number of ether oxygens (including phenoxy) is 1. The fraction of sp³-hybridized carbons (Fsp3) is 0.857. The maximum Gasteiger partial charge on any atom is 0.245 e. The predicted molar refractivity (Wildman–Crippen MR) is 184 cm³/mol. The molecule has 8 atom stereocenters. The number of carbonyl (C=O) groups excluding carboxylic acids is 5. The van der Waals surface area contributed by atoms with E-state index in [0.29, 0.717) is 12.8 Å². The molecule has 13 heteroatoms. The van der Waals surface area contributed by atoms with Crippen LogP contribution in [0.5, 0.6) is 0 Å². The number of unbranched alkanes of at least 4 members (excludes halogenated alkanes) is 3. The lowest BCUT2D eigenvalue weighted by atomic mass is 9.83. The molecule has 7 N–H and O–H groups in total. The molecule has 2 rings (SSSR count). The highest BCUT2D eigenvalue weighted by Gasteiger charge is 2.39. The molecule has 1 heterocycles. The number of hydrogen-bond acceptors (Lipinski definition) is 8. The average Bonchev–Trinajstić information content (AvgIpc) is 3.05. The average molecular weight is 681 g/mol. The lowest BCUT2D eigenvalue weighted by molar-refractivity contribution is -0.147. The maximum absolute atomic E-state index is 14.1. The third-order valence-corrected chi connectivity index (χ3v) is 9.68. The van der Waals surface area contributed by atoms with Crippen molar-refractivity contribution >= 4 is 29.5 Å². The summed E-state index contributed by atoms with van der Waals surface area (Å²) in [7, 11) is 1.63. The Morgan fingerprint density at radius 2 is 1.54 bits per heavy atom. The summed E-state index contributed by atoms with van der Waals surface area (Å²) in [6.07, 6.45) is 7.52. The van der Waals surface area contributed by atoms with Crippen molar-refractivity contribution in [2.45, 2.75) is 155 Å². The summed E-state index contributed by atoms with van der Waals surface area (Å²) < 4.78 is 6.30. The van der Waals surface area contributed by atoms with Gasteiger partial charge < -0.3 is 41.7 Å². The van der Waals surface area contributed by atoms with Crippen molar-refractivity contribution in [3.63, 3.8) is 0 Å². The van der Waals surface area contributed by atoms with Crippen LogP contribution in [0.15, 0.2) is 0 Å². The summed E-state index contributed by atoms with van der Waals surface area (Å²) in [6.45, 7) is 10.8. The number of likely N-dealkylation sites (N-methyl/N-ethyl adjacent to an activating group) is 1. The number of amides is 5. The molecule has 1 saturated carbocycles. The predicted octanol–water partition coefficient (Wildman–Crippen LogP) is 1.74. The number of nitrogens with two attached hydrogens (primary N) is 1. The van der Waals surface area contributed by atoms with Gasteiger partial charge in [-0.15, -0.1) is 0 Å². The Hall–Kier alpha value is -2.77. The number of aliphatic hydroxyl groups excluding tert-OH is 1. The number of carbonyl (C=O) groups is 5. The first-order valence-electron chi connectivity index (χ1n) is 18.2. The highest BCUT2D eigenvalue weighted by atomic mass is 16.5. The zero-order chi connectivity index (χ0) is 36.0. The largest absolute Gasteiger partial charge is 0.391 e. The monoisotopic (exact) mass is 680 g/mol. The summed E-state index contributed by atoms with van der Waals surface area (Å²) in [6, 6.07) is -4.85. The third kappa shape index (κ3) is 12.6. The van der Waals surface area contributed by atoms with Gasteiger partial charge in [0.15, 0.2) is 0 Å². The molecular formula is C35H64N6O7. The van der Waals surface area contributed by atoms with E-state index < -0.39 is 72.0 Å². The molecule has 2 aliphatic rings. The van der Waals surface area contributed by atoms with E-state index in [4.69, 9.17) is 10.5 Å². The second-order valence-corrected chi connectivity index (χ2v) is 14.4. The topological polar surface area (TPSA) is 192 Å². The highest BCUT2D eigenvalue weighted by molar-refractivity contribution is 5.96. The number of nitrogens with zero attached hydrogens (tertiary/aromatic N) is 1. The molecule has 276 valence electrons. The Kier molecular flexibility index (Phi) is 17.8. The quantitative estimate of drug-likeness (QED) is 0.188. The molecule has 0 spiro atoms. The van der Waals surface area contributed by atoms with Crippen LogP contribution in [0.25, 0.3) is 0 Å². The SMILES string of the molecule is CCCCCC[C@H]1OC[C@@H](C)NC(=O)[C@H]([C@H](C)O)NC(=O)[C@H](CN)NC(=O)[C@H](C2CCCCC2)NC(=O)[C@H](CC(C)C)N(C)C(=O)[C@@H]1C. The maximum atomic E-state index is 14.1. The Bertz CT molecular complexity index is 1050. The van der Waals surface area contributed by atoms with E-state index in [-0.39, 0.29) is 30.9 Å². The van der Waals surface area contributed by atoms with Crippen LogP contribution in [-0.2, 0) is 28.7 Å². The summed E-state index contributed by atoms with van der Waals surface area (Å²) >= 11 is 0. The van der Waals surface area contributed by atoms with Crippen LogP contribution in [0.3, 0.4) is 0 Å². The van der Waals surface area contributed by atoms with Crippen molar-refractivity contribution in [2.24, 2.45) is 23.5 Å². The molecule has 5 amide bonds. The van der Waals surface area contributed by atoms with E-state index in [9.17, 15) is 29.1 Å². The molecule has 1 saturated heterocycles. The minimum atomic E-state index is -1.32. The van der Waals surface area contributed by atoms with Crippen molar-refractivity contribution in [1.29, 1.82) is 0 Å². The fourth-order valence-corrected chi connectivity index (χ4v) is 6.68. The fourth-order valence-electron chi connectivity index (χ4n) is 6.68. The Labute approximate surface area is 287 Å². The van der Waals surface area contributed by atoms with Gasteiger partial charge in [-0.1, -0.05) is 72.6 Å². The second kappa shape index (κ2) is 20.7. The van der Waals surface area contributed by atoms with Crippen LogP contribution in [0.2, 0.25) is 0 Å². The van der Waals surface area contributed by atoms with E-state index in [1.165, 1.54) is 11.8 Å². The molecule has 13 nitrogen and oxygen atoms in total. The number of rotatable bonds is 10. The molecule has 1 aliphatic heterocycles. The molecule has 0 bridgehead atoms. The van der Waals surface area contributed by atoms with Crippen molar-refractivity contribution in [1.82, 2.24) is 26.2 Å². The summed E-state index contributed by atoms with van der Waals surface area (Å²) in [4.78, 5) is 70.1. The molecule has 0 aromatic carbocycles. The van der Waals surface area contributed by atoms with Gasteiger partial charge in [0, 0.05) is 19.6 Å². The van der Waals surface area contributed by atoms with E-state index in [1.54, 1.807) is 14.0 Å². The number of hydrogen-bond donors (Lipinski definition) is 6. The van der Waals surface area contributed by atoms with Gasteiger partial charge in [-0.3, -0.25) is 24.0 Å².